The monoisotopic (exact) mass is 231 g/mol. The number of hydrogen-bond donors (Lipinski definition) is 1. The zero-order valence-corrected chi connectivity index (χ0v) is 10.2. The van der Waals surface area contributed by atoms with Gasteiger partial charge < -0.3 is 4.98 Å². The van der Waals surface area contributed by atoms with Crippen LogP contribution in [0.25, 0.3) is 17.0 Å². The summed E-state index contributed by atoms with van der Waals surface area (Å²) in [5, 5.41) is 1.14. The smallest absolute Gasteiger partial charge is 0.0462 e. The summed E-state index contributed by atoms with van der Waals surface area (Å²) in [4.78, 5) is 3.33. The van der Waals surface area contributed by atoms with E-state index in [0.717, 1.165) is 27.7 Å². The molecule has 0 saturated heterocycles. The Balaban J connectivity index is 2.52. The van der Waals surface area contributed by atoms with Crippen LogP contribution in [-0.4, -0.2) is 4.98 Å². The lowest BCUT2D eigenvalue weighted by Gasteiger charge is -1.93. The largest absolute Gasteiger partial charge is 0.355 e. The average molecular weight is 231 g/mol. The molecule has 0 fully saturated rings. The van der Waals surface area contributed by atoms with Crippen molar-refractivity contribution < 1.29 is 0 Å². The molecule has 1 aromatic heterocycles. The van der Waals surface area contributed by atoms with Gasteiger partial charge in [-0.3, -0.25) is 0 Å². The minimum absolute atomic E-state index is 0.650. The number of benzene rings is 1. The van der Waals surface area contributed by atoms with Crippen molar-refractivity contribution in [3.05, 3.63) is 53.2 Å². The lowest BCUT2D eigenvalue weighted by atomic mass is 10.1. The molecule has 1 nitrogen and oxygen atoms in total. The van der Waals surface area contributed by atoms with Crippen molar-refractivity contribution in [2.24, 2.45) is 0 Å². The van der Waals surface area contributed by atoms with Gasteiger partial charge in [-0.2, -0.15) is 0 Å². The quantitative estimate of drug-likeness (QED) is 0.599. The van der Waals surface area contributed by atoms with Gasteiger partial charge in [-0.15, -0.1) is 12.8 Å². The van der Waals surface area contributed by atoms with E-state index < -0.39 is 0 Å². The second-order valence-electron chi connectivity index (χ2n) is 4.07. The molecule has 0 aliphatic rings. The van der Waals surface area contributed by atoms with E-state index in [0.29, 0.717) is 5.57 Å². The molecule has 0 atom stereocenters. The fourth-order valence-electron chi connectivity index (χ4n) is 1.84. The molecule has 1 aromatic carbocycles. The van der Waals surface area contributed by atoms with Crippen LogP contribution in [0.5, 0.6) is 0 Å². The molecular weight excluding hydrogens is 218 g/mol. The molecule has 18 heavy (non-hydrogen) atoms. The third-order valence-corrected chi connectivity index (χ3v) is 2.90. The molecule has 86 valence electrons. The first-order valence-electron chi connectivity index (χ1n) is 5.58. The SMILES string of the molecule is C#CC(=C)/C=C\c1[nH]c2ccc(C#C)cc2c1C. The van der Waals surface area contributed by atoms with Crippen LogP contribution in [0.2, 0.25) is 0 Å². The van der Waals surface area contributed by atoms with Crippen molar-refractivity contribution in [3.8, 4) is 24.7 Å². The highest BCUT2D eigenvalue weighted by atomic mass is 14.7. The van der Waals surface area contributed by atoms with Crippen LogP contribution in [0.3, 0.4) is 0 Å². The van der Waals surface area contributed by atoms with Crippen molar-refractivity contribution in [3.63, 3.8) is 0 Å². The van der Waals surface area contributed by atoms with Crippen molar-refractivity contribution >= 4 is 17.0 Å². The maximum Gasteiger partial charge on any atom is 0.0462 e. The number of rotatable bonds is 2. The Morgan fingerprint density at radius 2 is 2.17 bits per heavy atom. The van der Waals surface area contributed by atoms with E-state index in [4.69, 9.17) is 12.8 Å². The van der Waals surface area contributed by atoms with Crippen LogP contribution in [0.4, 0.5) is 0 Å². The summed E-state index contributed by atoms with van der Waals surface area (Å²) in [5.41, 5.74) is 4.78. The van der Waals surface area contributed by atoms with Crippen LogP contribution >= 0.6 is 0 Å². The first-order chi connectivity index (χ1) is 8.65. The minimum Gasteiger partial charge on any atom is -0.355 e. The third-order valence-electron chi connectivity index (χ3n) is 2.90. The lowest BCUT2D eigenvalue weighted by molar-refractivity contribution is 1.38. The Hall–Kier alpha value is -2.64. The fourth-order valence-corrected chi connectivity index (χ4v) is 1.84. The molecule has 0 aliphatic heterocycles. The predicted octanol–water partition coefficient (Wildman–Crippen LogP) is 3.66. The van der Waals surface area contributed by atoms with Crippen LogP contribution in [0.15, 0.2) is 36.4 Å². The fraction of sp³-hybridized carbons (Fsp3) is 0.0588. The Morgan fingerprint density at radius 1 is 1.39 bits per heavy atom. The maximum atomic E-state index is 5.41. The molecule has 1 N–H and O–H groups in total. The van der Waals surface area contributed by atoms with Crippen LogP contribution in [-0.2, 0) is 0 Å². The van der Waals surface area contributed by atoms with Gasteiger partial charge in [0.2, 0.25) is 0 Å². The normalized spacial score (nSPS) is 10.4. The number of aryl methyl sites for hydroxylation is 1. The van der Waals surface area contributed by atoms with Crippen LogP contribution < -0.4 is 0 Å². The molecule has 0 bridgehead atoms. The number of aromatic amines is 1. The maximum absolute atomic E-state index is 5.41. The van der Waals surface area contributed by atoms with Crippen LogP contribution in [0, 0.1) is 31.6 Å². The van der Waals surface area contributed by atoms with Crippen molar-refractivity contribution in [2.45, 2.75) is 6.92 Å². The standard InChI is InChI=1S/C17H13N/c1-5-12(3)7-9-16-13(4)15-11-14(6-2)8-10-17(15)18-16/h1-2,7-11,18H,3H2,4H3/b9-7-. The topological polar surface area (TPSA) is 15.8 Å². The third kappa shape index (κ3) is 2.08. The van der Waals surface area contributed by atoms with Gasteiger partial charge in [-0.1, -0.05) is 18.4 Å². The number of H-pyrrole nitrogens is 1. The van der Waals surface area contributed by atoms with E-state index in [1.807, 2.05) is 30.4 Å². The summed E-state index contributed by atoms with van der Waals surface area (Å²) in [6.07, 6.45) is 14.4. The number of allylic oxidation sites excluding steroid dienone is 2. The van der Waals surface area contributed by atoms with E-state index in [9.17, 15) is 0 Å². The Morgan fingerprint density at radius 3 is 2.83 bits per heavy atom. The van der Waals surface area contributed by atoms with E-state index in [1.54, 1.807) is 0 Å². The zero-order valence-electron chi connectivity index (χ0n) is 10.2. The first kappa shape index (κ1) is 11.8. The number of aromatic nitrogens is 1. The first-order valence-corrected chi connectivity index (χ1v) is 5.58. The average Bonchev–Trinajstić information content (AvgIpc) is 2.72. The summed E-state index contributed by atoms with van der Waals surface area (Å²) in [6.45, 7) is 5.79. The highest BCUT2D eigenvalue weighted by Crippen LogP contribution is 2.23. The lowest BCUT2D eigenvalue weighted by Crippen LogP contribution is -1.76. The Bertz CT molecular complexity index is 727. The van der Waals surface area contributed by atoms with E-state index >= 15 is 0 Å². The minimum atomic E-state index is 0.650. The van der Waals surface area contributed by atoms with Gasteiger partial charge in [0.1, 0.15) is 0 Å². The molecule has 2 rings (SSSR count). The molecule has 0 radical (unpaired) electrons. The van der Waals surface area contributed by atoms with Crippen LogP contribution in [0.1, 0.15) is 16.8 Å². The van der Waals surface area contributed by atoms with Gasteiger partial charge in [0.05, 0.1) is 0 Å². The summed E-state index contributed by atoms with van der Waals surface area (Å²) in [6, 6.07) is 5.92. The molecule has 1 heterocycles. The van der Waals surface area contributed by atoms with E-state index in [2.05, 4.69) is 30.3 Å². The highest BCUT2D eigenvalue weighted by Gasteiger charge is 2.05. The Kier molecular flexibility index (Phi) is 3.09. The van der Waals surface area contributed by atoms with Gasteiger partial charge in [-0.25, -0.2) is 0 Å². The van der Waals surface area contributed by atoms with Crippen molar-refractivity contribution in [1.82, 2.24) is 4.98 Å². The predicted molar refractivity (Wildman–Crippen MR) is 78.0 cm³/mol. The molecule has 1 heteroatoms. The van der Waals surface area contributed by atoms with Crippen molar-refractivity contribution in [1.29, 1.82) is 0 Å². The highest BCUT2D eigenvalue weighted by molar-refractivity contribution is 5.88. The molecule has 0 unspecified atom stereocenters. The van der Waals surface area contributed by atoms with Gasteiger partial charge in [0, 0.05) is 27.7 Å². The van der Waals surface area contributed by atoms with Crippen molar-refractivity contribution in [2.75, 3.05) is 0 Å². The Labute approximate surface area is 107 Å². The summed E-state index contributed by atoms with van der Waals surface area (Å²) < 4.78 is 0. The van der Waals surface area contributed by atoms with Gasteiger partial charge in [0.15, 0.2) is 0 Å². The second-order valence-corrected chi connectivity index (χ2v) is 4.07. The summed E-state index contributed by atoms with van der Waals surface area (Å²) in [7, 11) is 0. The van der Waals surface area contributed by atoms with Gasteiger partial charge >= 0.3 is 0 Å². The van der Waals surface area contributed by atoms with Gasteiger partial charge in [0.25, 0.3) is 0 Å². The number of hydrogen-bond acceptors (Lipinski definition) is 0. The number of terminal acetylenes is 2. The zero-order chi connectivity index (χ0) is 13.1. The molecule has 0 amide bonds. The van der Waals surface area contributed by atoms with E-state index in [-0.39, 0.29) is 0 Å². The molecular formula is C17H13N. The summed E-state index contributed by atoms with van der Waals surface area (Å²) in [5.74, 6) is 5.13. The molecule has 0 spiro atoms. The molecule has 0 aliphatic carbocycles. The second kappa shape index (κ2) is 4.70. The summed E-state index contributed by atoms with van der Waals surface area (Å²) >= 11 is 0. The molecule has 0 saturated carbocycles. The van der Waals surface area contributed by atoms with Gasteiger partial charge in [-0.05, 0) is 42.8 Å². The van der Waals surface area contributed by atoms with E-state index in [1.165, 1.54) is 0 Å². The number of nitrogens with one attached hydrogen (secondary N) is 1. The molecule has 2 aromatic rings. The number of fused-ring (bicyclic) bond motifs is 1.